The highest BCUT2D eigenvalue weighted by molar-refractivity contribution is 7.16. The molecule has 0 spiro atoms. The van der Waals surface area contributed by atoms with E-state index in [0.717, 1.165) is 10.2 Å². The summed E-state index contributed by atoms with van der Waals surface area (Å²) in [6.45, 7) is 2.56. The van der Waals surface area contributed by atoms with Crippen molar-refractivity contribution >= 4 is 27.4 Å². The van der Waals surface area contributed by atoms with Gasteiger partial charge in [-0.15, -0.1) is 11.3 Å². The normalized spacial score (nSPS) is 12.6. The highest BCUT2D eigenvalue weighted by atomic mass is 32.1. The third-order valence-corrected chi connectivity index (χ3v) is 3.87. The number of nitrogens with one attached hydrogen (secondary N) is 1. The van der Waals surface area contributed by atoms with Crippen molar-refractivity contribution in [2.45, 2.75) is 32.6 Å². The van der Waals surface area contributed by atoms with E-state index in [0.29, 0.717) is 11.6 Å². The molecule has 4 nitrogen and oxygen atoms in total. The lowest BCUT2D eigenvalue weighted by Crippen LogP contribution is -2.38. The zero-order valence-corrected chi connectivity index (χ0v) is 12.8. The van der Waals surface area contributed by atoms with Crippen molar-refractivity contribution in [3.63, 3.8) is 0 Å². The number of halogens is 3. The van der Waals surface area contributed by atoms with E-state index >= 15 is 0 Å². The molecule has 0 bridgehead atoms. The summed E-state index contributed by atoms with van der Waals surface area (Å²) in [4.78, 5) is 10.8. The summed E-state index contributed by atoms with van der Waals surface area (Å²) in [6, 6.07) is 1.65. The van der Waals surface area contributed by atoms with Crippen LogP contribution in [-0.4, -0.2) is 40.7 Å². The van der Waals surface area contributed by atoms with Crippen LogP contribution in [0.2, 0.25) is 0 Å². The summed E-state index contributed by atoms with van der Waals surface area (Å²) in [7, 11) is 1.74. The Morgan fingerprint density at radius 2 is 2.05 bits per heavy atom. The highest BCUT2D eigenvalue weighted by Crippen LogP contribution is 2.26. The minimum Gasteiger partial charge on any atom is -0.372 e. The molecule has 116 valence electrons. The first kappa shape index (κ1) is 16.0. The van der Waals surface area contributed by atoms with Crippen molar-refractivity contribution in [3.8, 4) is 0 Å². The Balaban J connectivity index is 2.28. The molecule has 0 saturated heterocycles. The van der Waals surface area contributed by atoms with Crippen LogP contribution in [0.4, 0.5) is 19.0 Å². The van der Waals surface area contributed by atoms with Gasteiger partial charge >= 0.3 is 6.18 Å². The second-order valence-electron chi connectivity index (χ2n) is 4.99. The van der Waals surface area contributed by atoms with Gasteiger partial charge in [-0.2, -0.15) is 13.2 Å². The second kappa shape index (κ2) is 6.15. The Labute approximate surface area is 125 Å². The standard InChI is InChI=1S/C13H17F3N4S/c1-8(2)20(7-13(14,15)16)6-10-18-11(17-3)9-4-5-21-12(9)19-10/h4-5,8H,6-7H2,1-3H3,(H,17,18,19). The summed E-state index contributed by atoms with van der Waals surface area (Å²) in [5.41, 5.74) is 0. The molecule has 2 rings (SSSR count). The molecular formula is C13H17F3N4S. The minimum atomic E-state index is -4.23. The van der Waals surface area contributed by atoms with E-state index in [-0.39, 0.29) is 12.6 Å². The first-order chi connectivity index (χ1) is 9.80. The van der Waals surface area contributed by atoms with Crippen LogP contribution in [0.5, 0.6) is 0 Å². The number of nitrogens with zero attached hydrogens (tertiary/aromatic N) is 3. The third-order valence-electron chi connectivity index (χ3n) is 3.07. The molecule has 0 saturated carbocycles. The lowest BCUT2D eigenvalue weighted by atomic mass is 10.3. The Morgan fingerprint density at radius 3 is 2.62 bits per heavy atom. The molecule has 0 atom stereocenters. The highest BCUT2D eigenvalue weighted by Gasteiger charge is 2.32. The van der Waals surface area contributed by atoms with Crippen molar-refractivity contribution in [2.24, 2.45) is 0 Å². The molecule has 0 aromatic carbocycles. The van der Waals surface area contributed by atoms with E-state index in [2.05, 4.69) is 15.3 Å². The second-order valence-corrected chi connectivity index (χ2v) is 5.89. The van der Waals surface area contributed by atoms with Gasteiger partial charge in [-0.1, -0.05) is 0 Å². The van der Waals surface area contributed by atoms with Crippen molar-refractivity contribution in [2.75, 3.05) is 18.9 Å². The lowest BCUT2D eigenvalue weighted by molar-refractivity contribution is -0.151. The van der Waals surface area contributed by atoms with Crippen LogP contribution in [0.1, 0.15) is 19.7 Å². The van der Waals surface area contributed by atoms with Crippen LogP contribution in [0.25, 0.3) is 10.2 Å². The minimum absolute atomic E-state index is 0.0691. The molecule has 2 aromatic heterocycles. The molecule has 0 fully saturated rings. The van der Waals surface area contributed by atoms with Gasteiger partial charge in [-0.3, -0.25) is 4.90 Å². The first-order valence-electron chi connectivity index (χ1n) is 6.53. The van der Waals surface area contributed by atoms with E-state index in [1.165, 1.54) is 16.2 Å². The summed E-state index contributed by atoms with van der Waals surface area (Å²) >= 11 is 1.45. The molecule has 8 heteroatoms. The predicted octanol–water partition coefficient (Wildman–Crippen LogP) is 3.51. The van der Waals surface area contributed by atoms with Crippen LogP contribution in [0, 0.1) is 0 Å². The number of hydrogen-bond acceptors (Lipinski definition) is 5. The Morgan fingerprint density at radius 1 is 1.33 bits per heavy atom. The molecule has 0 amide bonds. The smallest absolute Gasteiger partial charge is 0.372 e. The number of hydrogen-bond donors (Lipinski definition) is 1. The molecule has 1 N–H and O–H groups in total. The number of rotatable bonds is 5. The maximum absolute atomic E-state index is 12.6. The van der Waals surface area contributed by atoms with Gasteiger partial charge in [0.15, 0.2) is 0 Å². The van der Waals surface area contributed by atoms with Gasteiger partial charge in [0.1, 0.15) is 16.5 Å². The van der Waals surface area contributed by atoms with Gasteiger partial charge in [0.25, 0.3) is 0 Å². The van der Waals surface area contributed by atoms with Crippen molar-refractivity contribution in [1.82, 2.24) is 14.9 Å². The molecule has 2 heterocycles. The maximum atomic E-state index is 12.6. The summed E-state index contributed by atoms with van der Waals surface area (Å²) in [5, 5.41) is 5.74. The summed E-state index contributed by atoms with van der Waals surface area (Å²) < 4.78 is 37.9. The predicted molar refractivity (Wildman–Crippen MR) is 78.6 cm³/mol. The molecule has 0 aliphatic carbocycles. The maximum Gasteiger partial charge on any atom is 0.401 e. The van der Waals surface area contributed by atoms with Gasteiger partial charge in [-0.05, 0) is 25.3 Å². The van der Waals surface area contributed by atoms with Gasteiger partial charge in [-0.25, -0.2) is 9.97 Å². The van der Waals surface area contributed by atoms with Crippen molar-refractivity contribution in [3.05, 3.63) is 17.3 Å². The zero-order valence-electron chi connectivity index (χ0n) is 12.0. The average molecular weight is 318 g/mol. The number of anilines is 1. The van der Waals surface area contributed by atoms with Crippen LogP contribution in [-0.2, 0) is 6.54 Å². The molecule has 0 unspecified atom stereocenters. The lowest BCUT2D eigenvalue weighted by Gasteiger charge is -2.26. The topological polar surface area (TPSA) is 41.1 Å². The number of thiophene rings is 1. The van der Waals surface area contributed by atoms with Crippen molar-refractivity contribution < 1.29 is 13.2 Å². The third kappa shape index (κ3) is 4.04. The quantitative estimate of drug-likeness (QED) is 0.916. The van der Waals surface area contributed by atoms with E-state index in [1.807, 2.05) is 11.4 Å². The van der Waals surface area contributed by atoms with Crippen LogP contribution in [0.3, 0.4) is 0 Å². The summed E-state index contributed by atoms with van der Waals surface area (Å²) in [5.74, 6) is 1.04. The van der Waals surface area contributed by atoms with E-state index in [4.69, 9.17) is 0 Å². The summed E-state index contributed by atoms with van der Waals surface area (Å²) in [6.07, 6.45) is -4.23. The number of fused-ring (bicyclic) bond motifs is 1. The van der Waals surface area contributed by atoms with E-state index < -0.39 is 12.7 Å². The Bertz CT molecular complexity index is 609. The fourth-order valence-corrected chi connectivity index (χ4v) is 2.78. The van der Waals surface area contributed by atoms with Crippen LogP contribution >= 0.6 is 11.3 Å². The molecule has 0 radical (unpaired) electrons. The van der Waals surface area contributed by atoms with E-state index in [1.54, 1.807) is 20.9 Å². The van der Waals surface area contributed by atoms with Gasteiger partial charge in [0.05, 0.1) is 18.5 Å². The number of alkyl halides is 3. The largest absolute Gasteiger partial charge is 0.401 e. The molecule has 0 aliphatic heterocycles. The van der Waals surface area contributed by atoms with Gasteiger partial charge in [0, 0.05) is 13.1 Å². The van der Waals surface area contributed by atoms with Crippen LogP contribution < -0.4 is 5.32 Å². The monoisotopic (exact) mass is 318 g/mol. The Hall–Kier alpha value is -1.41. The van der Waals surface area contributed by atoms with Crippen molar-refractivity contribution in [1.29, 1.82) is 0 Å². The number of aromatic nitrogens is 2. The molecule has 2 aromatic rings. The molecular weight excluding hydrogens is 301 g/mol. The SMILES string of the molecule is CNc1nc(CN(CC(F)(F)F)C(C)C)nc2sccc12. The average Bonchev–Trinajstić information content (AvgIpc) is 2.83. The van der Waals surface area contributed by atoms with Crippen LogP contribution in [0.15, 0.2) is 11.4 Å². The fourth-order valence-electron chi connectivity index (χ4n) is 1.99. The first-order valence-corrected chi connectivity index (χ1v) is 7.41. The van der Waals surface area contributed by atoms with E-state index in [9.17, 15) is 13.2 Å². The van der Waals surface area contributed by atoms with Gasteiger partial charge < -0.3 is 5.32 Å². The zero-order chi connectivity index (χ0) is 15.6. The Kier molecular flexibility index (Phi) is 4.67. The van der Waals surface area contributed by atoms with Gasteiger partial charge in [0.2, 0.25) is 0 Å². The fraction of sp³-hybridized carbons (Fsp3) is 0.538. The molecule has 21 heavy (non-hydrogen) atoms. The molecule has 0 aliphatic rings.